The molecule has 0 bridgehead atoms. The Balaban J connectivity index is 1.25. The first-order valence-electron chi connectivity index (χ1n) is 10.7. The molecule has 0 aliphatic carbocycles. The molecule has 0 spiro atoms. The maximum atomic E-state index is 12.6. The first-order chi connectivity index (χ1) is 17.5. The van der Waals surface area contributed by atoms with Crippen molar-refractivity contribution in [2.45, 2.75) is 18.2 Å². The number of aromatic nitrogens is 7. The van der Waals surface area contributed by atoms with Gasteiger partial charge in [0.2, 0.25) is 5.91 Å². The number of allylic oxidation sites excluding steroid dienone is 1. The first-order valence-corrected chi connectivity index (χ1v) is 13.3. The third-order valence-corrected chi connectivity index (χ3v) is 7.38. The van der Waals surface area contributed by atoms with Crippen LogP contribution in [0.3, 0.4) is 0 Å². The number of halogens is 2. The van der Waals surface area contributed by atoms with E-state index in [4.69, 9.17) is 23.2 Å². The first kappa shape index (κ1) is 24.4. The second-order valence-corrected chi connectivity index (χ2v) is 10.2. The lowest BCUT2D eigenvalue weighted by Gasteiger charge is -2.08. The van der Waals surface area contributed by atoms with Gasteiger partial charge in [-0.25, -0.2) is 9.67 Å². The Kier molecular flexibility index (Phi) is 7.33. The topological polar surface area (TPSA) is 103 Å². The maximum Gasteiger partial charge on any atom is 0.236 e. The van der Waals surface area contributed by atoms with Crippen LogP contribution in [0.4, 0.5) is 5.13 Å². The fourth-order valence-electron chi connectivity index (χ4n) is 3.46. The van der Waals surface area contributed by atoms with Crippen LogP contribution in [0, 0.1) is 0 Å². The molecule has 1 N–H and O–H groups in total. The Morgan fingerprint density at radius 3 is 2.86 bits per heavy atom. The largest absolute Gasteiger partial charge is 0.301 e. The molecule has 13 heteroatoms. The molecular weight excluding hydrogens is 539 g/mol. The monoisotopic (exact) mass is 556 g/mol. The Bertz CT molecular complexity index is 1560. The van der Waals surface area contributed by atoms with Gasteiger partial charge in [-0.2, -0.15) is 0 Å². The van der Waals surface area contributed by atoms with Crippen LogP contribution in [-0.4, -0.2) is 46.4 Å². The summed E-state index contributed by atoms with van der Waals surface area (Å²) in [6.07, 6.45) is 1.76. The van der Waals surface area contributed by atoms with Gasteiger partial charge in [-0.1, -0.05) is 58.4 Å². The zero-order valence-corrected chi connectivity index (χ0v) is 21.8. The minimum atomic E-state index is -0.208. The number of benzene rings is 2. The highest BCUT2D eigenvalue weighted by Gasteiger charge is 2.17. The van der Waals surface area contributed by atoms with Crippen molar-refractivity contribution in [2.24, 2.45) is 0 Å². The van der Waals surface area contributed by atoms with E-state index in [1.807, 2.05) is 34.2 Å². The number of amides is 1. The van der Waals surface area contributed by atoms with E-state index in [1.54, 1.807) is 29.0 Å². The van der Waals surface area contributed by atoms with Crippen LogP contribution in [0.25, 0.3) is 22.3 Å². The SMILES string of the molecule is C=CCn1c(Cn2nnc3ccccc32)nnc1SCC(=O)Nc1nc(-c2ccc(Cl)cc2Cl)cs1. The number of carbonyl (C=O) groups is 1. The number of rotatable bonds is 9. The molecule has 0 fully saturated rings. The molecule has 0 radical (unpaired) electrons. The third-order valence-electron chi connectivity index (χ3n) is 5.11. The van der Waals surface area contributed by atoms with E-state index >= 15 is 0 Å². The molecule has 2 aromatic carbocycles. The zero-order chi connectivity index (χ0) is 25.1. The van der Waals surface area contributed by atoms with Gasteiger partial charge in [0.15, 0.2) is 16.1 Å². The third kappa shape index (κ3) is 5.29. The van der Waals surface area contributed by atoms with Crippen LogP contribution < -0.4 is 5.32 Å². The van der Waals surface area contributed by atoms with E-state index in [9.17, 15) is 4.79 Å². The van der Waals surface area contributed by atoms with E-state index in [-0.39, 0.29) is 11.7 Å². The summed E-state index contributed by atoms with van der Waals surface area (Å²) >= 11 is 14.8. The molecule has 3 heterocycles. The fraction of sp³-hybridized carbons (Fsp3) is 0.130. The Labute approximate surface area is 224 Å². The van der Waals surface area contributed by atoms with E-state index < -0.39 is 0 Å². The number of thioether (sulfide) groups is 1. The molecule has 0 unspecified atom stereocenters. The summed E-state index contributed by atoms with van der Waals surface area (Å²) in [5.41, 5.74) is 3.13. The number of anilines is 1. The Hall–Kier alpha value is -3.25. The number of nitrogens with zero attached hydrogens (tertiary/aromatic N) is 7. The zero-order valence-electron chi connectivity index (χ0n) is 18.6. The highest BCUT2D eigenvalue weighted by molar-refractivity contribution is 7.99. The van der Waals surface area contributed by atoms with Crippen molar-refractivity contribution in [3.63, 3.8) is 0 Å². The molecule has 5 rings (SSSR count). The summed E-state index contributed by atoms with van der Waals surface area (Å²) in [5, 5.41) is 23.8. The summed E-state index contributed by atoms with van der Waals surface area (Å²) in [6, 6.07) is 12.9. The smallest absolute Gasteiger partial charge is 0.236 e. The average Bonchev–Trinajstić information content (AvgIpc) is 3.58. The number of nitrogens with one attached hydrogen (secondary N) is 1. The summed E-state index contributed by atoms with van der Waals surface area (Å²) in [4.78, 5) is 17.1. The Morgan fingerprint density at radius 1 is 1.17 bits per heavy atom. The molecule has 0 saturated carbocycles. The molecule has 36 heavy (non-hydrogen) atoms. The molecule has 0 aliphatic rings. The van der Waals surface area contributed by atoms with Gasteiger partial charge in [0.1, 0.15) is 12.1 Å². The van der Waals surface area contributed by atoms with Crippen molar-refractivity contribution >= 4 is 68.4 Å². The van der Waals surface area contributed by atoms with Crippen LogP contribution in [-0.2, 0) is 17.9 Å². The van der Waals surface area contributed by atoms with Crippen molar-refractivity contribution in [3.8, 4) is 11.3 Å². The molecule has 0 atom stereocenters. The van der Waals surface area contributed by atoms with E-state index in [0.29, 0.717) is 44.9 Å². The van der Waals surface area contributed by atoms with Crippen LogP contribution in [0.2, 0.25) is 10.0 Å². The highest BCUT2D eigenvalue weighted by atomic mass is 35.5. The summed E-state index contributed by atoms with van der Waals surface area (Å²) in [7, 11) is 0. The maximum absolute atomic E-state index is 12.6. The number of fused-ring (bicyclic) bond motifs is 1. The van der Waals surface area contributed by atoms with Crippen molar-refractivity contribution in [3.05, 3.63) is 76.4 Å². The molecule has 1 amide bonds. The van der Waals surface area contributed by atoms with Gasteiger partial charge in [0.05, 0.1) is 22.0 Å². The average molecular weight is 557 g/mol. The minimum Gasteiger partial charge on any atom is -0.301 e. The summed E-state index contributed by atoms with van der Waals surface area (Å²) in [6.45, 7) is 4.72. The number of carbonyl (C=O) groups excluding carboxylic acids is 1. The van der Waals surface area contributed by atoms with E-state index in [0.717, 1.165) is 16.6 Å². The number of para-hydroxylation sites is 1. The van der Waals surface area contributed by atoms with Crippen molar-refractivity contribution in [1.29, 1.82) is 0 Å². The van der Waals surface area contributed by atoms with Crippen LogP contribution >= 0.6 is 46.3 Å². The number of hydrogen-bond acceptors (Lipinski definition) is 8. The second kappa shape index (κ2) is 10.8. The lowest BCUT2D eigenvalue weighted by atomic mass is 10.2. The predicted molar refractivity (Wildman–Crippen MR) is 144 cm³/mol. The fourth-order valence-corrected chi connectivity index (χ4v) is 5.46. The predicted octanol–water partition coefficient (Wildman–Crippen LogP) is 5.42. The van der Waals surface area contributed by atoms with Gasteiger partial charge in [0.25, 0.3) is 0 Å². The summed E-state index contributed by atoms with van der Waals surface area (Å²) < 4.78 is 3.68. The number of thiazole rings is 1. The molecule has 182 valence electrons. The lowest BCUT2D eigenvalue weighted by molar-refractivity contribution is -0.113. The van der Waals surface area contributed by atoms with E-state index in [2.05, 4.69) is 37.4 Å². The van der Waals surface area contributed by atoms with Gasteiger partial charge in [-0.15, -0.1) is 33.2 Å². The van der Waals surface area contributed by atoms with Crippen LogP contribution in [0.15, 0.2) is 65.7 Å². The standard InChI is InChI=1S/C23H18Cl2N8OS2/c1-2-9-32-20(11-33-19-6-4-3-5-17(19)28-31-33)29-30-23(32)36-13-21(34)27-22-26-18(12-35-22)15-8-7-14(24)10-16(15)25/h2-8,10,12H,1,9,11,13H2,(H,26,27,34). The number of hydrogen-bond donors (Lipinski definition) is 1. The Morgan fingerprint density at radius 2 is 2.03 bits per heavy atom. The molecule has 0 aliphatic heterocycles. The van der Waals surface area contributed by atoms with Gasteiger partial charge in [-0.05, 0) is 30.3 Å². The lowest BCUT2D eigenvalue weighted by Crippen LogP contribution is -2.15. The van der Waals surface area contributed by atoms with Crippen LogP contribution in [0.5, 0.6) is 0 Å². The van der Waals surface area contributed by atoms with Gasteiger partial charge < -0.3 is 9.88 Å². The van der Waals surface area contributed by atoms with Gasteiger partial charge in [-0.3, -0.25) is 4.79 Å². The molecule has 5 aromatic rings. The second-order valence-electron chi connectivity index (χ2n) is 7.53. The molecule has 3 aromatic heterocycles. The molecule has 0 saturated heterocycles. The van der Waals surface area contributed by atoms with Gasteiger partial charge >= 0.3 is 0 Å². The van der Waals surface area contributed by atoms with Crippen molar-refractivity contribution in [2.75, 3.05) is 11.1 Å². The molecular formula is C23H18Cl2N8OS2. The van der Waals surface area contributed by atoms with Crippen molar-refractivity contribution < 1.29 is 4.79 Å². The highest BCUT2D eigenvalue weighted by Crippen LogP contribution is 2.32. The minimum absolute atomic E-state index is 0.137. The van der Waals surface area contributed by atoms with Crippen molar-refractivity contribution in [1.82, 2.24) is 34.7 Å². The van der Waals surface area contributed by atoms with E-state index in [1.165, 1.54) is 23.1 Å². The summed E-state index contributed by atoms with van der Waals surface area (Å²) in [5.74, 6) is 0.621. The molecule has 9 nitrogen and oxygen atoms in total. The normalized spacial score (nSPS) is 11.2. The van der Waals surface area contributed by atoms with Crippen LogP contribution in [0.1, 0.15) is 5.82 Å². The quantitative estimate of drug-likeness (QED) is 0.191. The van der Waals surface area contributed by atoms with Gasteiger partial charge in [0, 0.05) is 22.5 Å².